The molecule has 6 heteroatoms. The highest BCUT2D eigenvalue weighted by Crippen LogP contribution is 2.17. The molecule has 2 rings (SSSR count). The number of hydrogen-bond donors (Lipinski definition) is 2. The molecule has 1 atom stereocenters. The van der Waals surface area contributed by atoms with Crippen LogP contribution in [0.25, 0.3) is 0 Å². The summed E-state index contributed by atoms with van der Waals surface area (Å²) in [7, 11) is 0. The fourth-order valence-electron chi connectivity index (χ4n) is 1.83. The Morgan fingerprint density at radius 3 is 3.06 bits per heavy atom. The topological polar surface area (TPSA) is 37.0 Å². The quantitative estimate of drug-likeness (QED) is 0.890. The van der Waals surface area contributed by atoms with Gasteiger partial charge in [0.15, 0.2) is 4.47 Å². The first-order valence-corrected chi connectivity index (χ1v) is 6.58. The van der Waals surface area contributed by atoms with Crippen molar-refractivity contribution < 1.29 is 0 Å². The Balaban J connectivity index is 0.00000128. The summed E-state index contributed by atoms with van der Waals surface area (Å²) in [5.74, 6) is 0. The van der Waals surface area contributed by atoms with Gasteiger partial charge in [-0.2, -0.15) is 0 Å². The molecule has 0 radical (unpaired) electrons. The maximum Gasteiger partial charge on any atom is 0.183 e. The summed E-state index contributed by atoms with van der Waals surface area (Å²) in [5, 5.41) is 6.94. The lowest BCUT2D eigenvalue weighted by Gasteiger charge is -2.23. The van der Waals surface area contributed by atoms with Gasteiger partial charge in [-0.25, -0.2) is 4.98 Å². The minimum absolute atomic E-state index is 0. The van der Waals surface area contributed by atoms with E-state index in [0.717, 1.165) is 13.1 Å². The molecule has 1 aliphatic rings. The van der Waals surface area contributed by atoms with Gasteiger partial charge in [0.1, 0.15) is 0 Å². The van der Waals surface area contributed by atoms with Gasteiger partial charge in [-0.3, -0.25) is 0 Å². The summed E-state index contributed by atoms with van der Waals surface area (Å²) in [4.78, 5) is 5.21. The van der Waals surface area contributed by atoms with E-state index in [4.69, 9.17) is 11.6 Å². The van der Waals surface area contributed by atoms with Gasteiger partial charge >= 0.3 is 0 Å². The first-order chi connectivity index (χ1) is 7.34. The molecule has 2 heterocycles. The molecule has 1 unspecified atom stereocenters. The summed E-state index contributed by atoms with van der Waals surface area (Å²) >= 11 is 7.30. The predicted octanol–water partition coefficient (Wildman–Crippen LogP) is 2.45. The lowest BCUT2D eigenvalue weighted by Crippen LogP contribution is -2.41. The first-order valence-electron chi connectivity index (χ1n) is 5.39. The molecular weight excluding hydrogens is 265 g/mol. The minimum Gasteiger partial charge on any atom is -0.313 e. The third-order valence-electron chi connectivity index (χ3n) is 2.63. The van der Waals surface area contributed by atoms with E-state index < -0.39 is 0 Å². The van der Waals surface area contributed by atoms with Gasteiger partial charge in [-0.1, -0.05) is 18.0 Å². The molecule has 1 aromatic rings. The highest BCUT2D eigenvalue weighted by atomic mass is 35.5. The number of nitrogens with zero attached hydrogens (tertiary/aromatic N) is 1. The fraction of sp³-hybridized carbons (Fsp3) is 0.700. The molecule has 0 saturated carbocycles. The van der Waals surface area contributed by atoms with Gasteiger partial charge in [0.25, 0.3) is 0 Å². The van der Waals surface area contributed by atoms with Crippen LogP contribution in [0.15, 0.2) is 6.20 Å². The maximum absolute atomic E-state index is 5.76. The van der Waals surface area contributed by atoms with Crippen LogP contribution in [-0.4, -0.2) is 24.1 Å². The Labute approximate surface area is 111 Å². The van der Waals surface area contributed by atoms with Crippen molar-refractivity contribution in [2.45, 2.75) is 31.8 Å². The van der Waals surface area contributed by atoms with Gasteiger partial charge in [-0.15, -0.1) is 23.7 Å². The zero-order valence-corrected chi connectivity index (χ0v) is 11.4. The van der Waals surface area contributed by atoms with Crippen LogP contribution in [0.5, 0.6) is 0 Å². The van der Waals surface area contributed by atoms with Crippen LogP contribution in [0, 0.1) is 0 Å². The second kappa shape index (κ2) is 7.45. The summed E-state index contributed by atoms with van der Waals surface area (Å²) in [6.07, 6.45) is 5.80. The van der Waals surface area contributed by atoms with E-state index >= 15 is 0 Å². The minimum atomic E-state index is 0. The molecule has 1 aromatic heterocycles. The second-order valence-electron chi connectivity index (χ2n) is 3.86. The van der Waals surface area contributed by atoms with E-state index in [2.05, 4.69) is 15.6 Å². The fourth-order valence-corrected chi connectivity index (χ4v) is 2.78. The van der Waals surface area contributed by atoms with Crippen LogP contribution < -0.4 is 10.6 Å². The van der Waals surface area contributed by atoms with Crippen LogP contribution in [-0.2, 0) is 6.54 Å². The van der Waals surface area contributed by atoms with E-state index in [-0.39, 0.29) is 12.4 Å². The molecular formula is C10H17Cl2N3S. The highest BCUT2D eigenvalue weighted by molar-refractivity contribution is 7.15. The molecule has 2 N–H and O–H groups in total. The number of aromatic nitrogens is 1. The third-order valence-corrected chi connectivity index (χ3v) is 3.74. The van der Waals surface area contributed by atoms with Crippen LogP contribution >= 0.6 is 35.3 Å². The molecule has 0 spiro atoms. The normalized spacial score (nSPS) is 20.4. The van der Waals surface area contributed by atoms with Crippen molar-refractivity contribution in [2.75, 3.05) is 13.1 Å². The average molecular weight is 282 g/mol. The van der Waals surface area contributed by atoms with Gasteiger partial charge in [0, 0.05) is 30.2 Å². The van der Waals surface area contributed by atoms with Crippen molar-refractivity contribution in [2.24, 2.45) is 0 Å². The number of piperidine rings is 1. The molecule has 0 amide bonds. The van der Waals surface area contributed by atoms with Crippen LogP contribution in [0.3, 0.4) is 0 Å². The number of rotatable bonds is 4. The molecule has 0 aromatic carbocycles. The lowest BCUT2D eigenvalue weighted by molar-refractivity contribution is 0.383. The molecule has 16 heavy (non-hydrogen) atoms. The van der Waals surface area contributed by atoms with Crippen molar-refractivity contribution >= 4 is 35.3 Å². The summed E-state index contributed by atoms with van der Waals surface area (Å²) in [6.45, 7) is 3.08. The van der Waals surface area contributed by atoms with Crippen molar-refractivity contribution in [1.82, 2.24) is 15.6 Å². The highest BCUT2D eigenvalue weighted by Gasteiger charge is 2.11. The third kappa shape index (κ3) is 4.55. The van der Waals surface area contributed by atoms with Gasteiger partial charge in [0.05, 0.1) is 0 Å². The largest absolute Gasteiger partial charge is 0.313 e. The SMILES string of the molecule is Cl.Clc1ncc(CNCC2CCCCN2)s1. The predicted molar refractivity (Wildman–Crippen MR) is 71.7 cm³/mol. The summed E-state index contributed by atoms with van der Waals surface area (Å²) in [5.41, 5.74) is 0. The Hall–Kier alpha value is 0.130. The Morgan fingerprint density at radius 2 is 2.44 bits per heavy atom. The second-order valence-corrected chi connectivity index (χ2v) is 5.55. The zero-order valence-electron chi connectivity index (χ0n) is 9.04. The van der Waals surface area contributed by atoms with Crippen LogP contribution in [0.4, 0.5) is 0 Å². The Bertz CT molecular complexity index is 300. The maximum atomic E-state index is 5.76. The van der Waals surface area contributed by atoms with Gasteiger partial charge in [-0.05, 0) is 19.4 Å². The van der Waals surface area contributed by atoms with Crippen LogP contribution in [0.1, 0.15) is 24.1 Å². The van der Waals surface area contributed by atoms with Crippen molar-refractivity contribution in [1.29, 1.82) is 0 Å². The van der Waals surface area contributed by atoms with E-state index in [1.54, 1.807) is 11.3 Å². The first kappa shape index (κ1) is 14.2. The standard InChI is InChI=1S/C10H16ClN3S.ClH/c11-10-14-7-9(15-10)6-12-5-8-3-1-2-4-13-8;/h7-8,12-13H,1-6H2;1H. The lowest BCUT2D eigenvalue weighted by atomic mass is 10.1. The molecule has 0 aliphatic carbocycles. The van der Waals surface area contributed by atoms with E-state index in [9.17, 15) is 0 Å². The van der Waals surface area contributed by atoms with E-state index in [0.29, 0.717) is 10.5 Å². The zero-order chi connectivity index (χ0) is 10.5. The molecule has 1 fully saturated rings. The molecule has 1 saturated heterocycles. The molecule has 0 bridgehead atoms. The summed E-state index contributed by atoms with van der Waals surface area (Å²) < 4.78 is 0.627. The van der Waals surface area contributed by atoms with E-state index in [1.807, 2.05) is 6.20 Å². The van der Waals surface area contributed by atoms with Crippen molar-refractivity contribution in [3.8, 4) is 0 Å². The Morgan fingerprint density at radius 1 is 1.56 bits per heavy atom. The van der Waals surface area contributed by atoms with Crippen molar-refractivity contribution in [3.05, 3.63) is 15.5 Å². The summed E-state index contributed by atoms with van der Waals surface area (Å²) in [6, 6.07) is 0.641. The van der Waals surface area contributed by atoms with Crippen LogP contribution in [0.2, 0.25) is 4.47 Å². The number of hydrogen-bond acceptors (Lipinski definition) is 4. The molecule has 92 valence electrons. The smallest absolute Gasteiger partial charge is 0.183 e. The van der Waals surface area contributed by atoms with Gasteiger partial charge in [0.2, 0.25) is 0 Å². The van der Waals surface area contributed by atoms with E-state index in [1.165, 1.54) is 30.7 Å². The molecule has 1 aliphatic heterocycles. The van der Waals surface area contributed by atoms with Gasteiger partial charge < -0.3 is 10.6 Å². The average Bonchev–Trinajstić information content (AvgIpc) is 2.66. The Kier molecular flexibility index (Phi) is 6.61. The number of nitrogens with one attached hydrogen (secondary N) is 2. The van der Waals surface area contributed by atoms with Crippen molar-refractivity contribution in [3.63, 3.8) is 0 Å². The monoisotopic (exact) mass is 281 g/mol. The number of thiazole rings is 1. The number of halogens is 2. The molecule has 3 nitrogen and oxygen atoms in total.